The highest BCUT2D eigenvalue weighted by molar-refractivity contribution is 5.96. The highest BCUT2D eigenvalue weighted by Gasteiger charge is 2.25. The van der Waals surface area contributed by atoms with Gasteiger partial charge in [-0.15, -0.1) is 0 Å². The van der Waals surface area contributed by atoms with E-state index >= 15 is 0 Å². The zero-order valence-electron chi connectivity index (χ0n) is 10.8. The maximum absolute atomic E-state index is 12.2. The van der Waals surface area contributed by atoms with Crippen LogP contribution in [0.2, 0.25) is 0 Å². The summed E-state index contributed by atoms with van der Waals surface area (Å²) in [7, 11) is 0. The molecule has 1 aromatic rings. The molecule has 2 N–H and O–H groups in total. The molecule has 2 rings (SSSR count). The summed E-state index contributed by atoms with van der Waals surface area (Å²) in [4.78, 5) is 14.0. The predicted octanol–water partition coefficient (Wildman–Crippen LogP) is 1.69. The number of nitrogens with zero attached hydrogens (tertiary/aromatic N) is 3. The molecule has 6 nitrogen and oxygen atoms in total. The molecule has 0 radical (unpaired) electrons. The second-order valence-corrected chi connectivity index (χ2v) is 4.88. The Morgan fingerprint density at radius 3 is 2.94 bits per heavy atom. The Bertz CT molecular complexity index is 405. The summed E-state index contributed by atoms with van der Waals surface area (Å²) in [6.45, 7) is 3.75. The SMILES string of the molecule is CCCC1CCCN(C(=O)c2nonc2N)CC1. The molecule has 0 saturated carbocycles. The minimum absolute atomic E-state index is 0.0781. The first-order valence-electron chi connectivity index (χ1n) is 6.59. The zero-order valence-corrected chi connectivity index (χ0v) is 10.8. The first kappa shape index (κ1) is 12.9. The van der Waals surface area contributed by atoms with Gasteiger partial charge in [-0.2, -0.15) is 0 Å². The monoisotopic (exact) mass is 252 g/mol. The summed E-state index contributed by atoms with van der Waals surface area (Å²) < 4.78 is 4.48. The Balaban J connectivity index is 1.98. The smallest absolute Gasteiger partial charge is 0.280 e. The van der Waals surface area contributed by atoms with Crippen molar-refractivity contribution in [1.82, 2.24) is 15.2 Å². The van der Waals surface area contributed by atoms with Crippen molar-refractivity contribution in [2.45, 2.75) is 39.0 Å². The number of likely N-dealkylation sites (tertiary alicyclic amines) is 1. The minimum atomic E-state index is -0.161. The molecule has 0 aromatic carbocycles. The molecule has 1 aliphatic heterocycles. The van der Waals surface area contributed by atoms with Crippen LogP contribution in [0.15, 0.2) is 4.63 Å². The molecule has 1 amide bonds. The third-order valence-corrected chi connectivity index (χ3v) is 3.55. The number of hydrogen-bond acceptors (Lipinski definition) is 5. The fourth-order valence-electron chi connectivity index (χ4n) is 2.56. The number of nitrogens with two attached hydrogens (primary N) is 1. The topological polar surface area (TPSA) is 85.2 Å². The first-order chi connectivity index (χ1) is 8.72. The number of aromatic nitrogens is 2. The Hall–Kier alpha value is -1.59. The van der Waals surface area contributed by atoms with Crippen LogP contribution >= 0.6 is 0 Å². The summed E-state index contributed by atoms with van der Waals surface area (Å²) in [5.74, 6) is 0.654. The van der Waals surface area contributed by atoms with Crippen molar-refractivity contribution >= 4 is 11.7 Å². The van der Waals surface area contributed by atoms with Gasteiger partial charge in [-0.3, -0.25) is 4.79 Å². The van der Waals surface area contributed by atoms with E-state index < -0.39 is 0 Å². The molecule has 1 unspecified atom stereocenters. The van der Waals surface area contributed by atoms with Gasteiger partial charge >= 0.3 is 0 Å². The largest absolute Gasteiger partial charge is 0.379 e. The van der Waals surface area contributed by atoms with Crippen LogP contribution in [0.5, 0.6) is 0 Å². The van der Waals surface area contributed by atoms with Crippen molar-refractivity contribution in [3.05, 3.63) is 5.69 Å². The van der Waals surface area contributed by atoms with Gasteiger partial charge in [-0.05, 0) is 35.5 Å². The van der Waals surface area contributed by atoms with Crippen LogP contribution in [0.25, 0.3) is 0 Å². The highest BCUT2D eigenvalue weighted by atomic mass is 16.6. The number of amides is 1. The number of carbonyl (C=O) groups is 1. The molecule has 6 heteroatoms. The zero-order chi connectivity index (χ0) is 13.0. The van der Waals surface area contributed by atoms with Gasteiger partial charge in [0.2, 0.25) is 11.5 Å². The molecule has 18 heavy (non-hydrogen) atoms. The van der Waals surface area contributed by atoms with E-state index in [-0.39, 0.29) is 17.4 Å². The van der Waals surface area contributed by atoms with Gasteiger partial charge in [0.05, 0.1) is 0 Å². The summed E-state index contributed by atoms with van der Waals surface area (Å²) in [5, 5.41) is 7.02. The molecular formula is C12H20N4O2. The molecule has 1 aromatic heterocycles. The molecule has 1 atom stereocenters. The Morgan fingerprint density at radius 1 is 1.44 bits per heavy atom. The first-order valence-corrected chi connectivity index (χ1v) is 6.59. The lowest BCUT2D eigenvalue weighted by Crippen LogP contribution is -2.32. The number of anilines is 1. The minimum Gasteiger partial charge on any atom is -0.379 e. The van der Waals surface area contributed by atoms with Gasteiger partial charge in [-0.1, -0.05) is 19.8 Å². The van der Waals surface area contributed by atoms with Gasteiger partial charge in [0.25, 0.3) is 5.91 Å². The van der Waals surface area contributed by atoms with Crippen molar-refractivity contribution < 1.29 is 9.42 Å². The Morgan fingerprint density at radius 2 is 2.28 bits per heavy atom. The quantitative estimate of drug-likeness (QED) is 0.884. The second kappa shape index (κ2) is 5.84. The van der Waals surface area contributed by atoms with E-state index in [1.54, 1.807) is 0 Å². The number of hydrogen-bond donors (Lipinski definition) is 1. The normalized spacial score (nSPS) is 20.7. The molecule has 1 fully saturated rings. The van der Waals surface area contributed by atoms with Gasteiger partial charge in [0.15, 0.2) is 0 Å². The lowest BCUT2D eigenvalue weighted by Gasteiger charge is -2.19. The van der Waals surface area contributed by atoms with E-state index in [9.17, 15) is 4.79 Å². The fourth-order valence-corrected chi connectivity index (χ4v) is 2.56. The number of carbonyl (C=O) groups excluding carboxylic acids is 1. The lowest BCUT2D eigenvalue weighted by molar-refractivity contribution is 0.0749. The van der Waals surface area contributed by atoms with E-state index in [2.05, 4.69) is 21.9 Å². The lowest BCUT2D eigenvalue weighted by atomic mass is 9.96. The molecule has 1 aliphatic rings. The molecule has 1 saturated heterocycles. The van der Waals surface area contributed by atoms with Crippen LogP contribution in [0, 0.1) is 5.92 Å². The molecule has 0 aliphatic carbocycles. The van der Waals surface area contributed by atoms with E-state index in [0.717, 1.165) is 31.8 Å². The Kier molecular flexibility index (Phi) is 4.17. The van der Waals surface area contributed by atoms with Crippen molar-refractivity contribution in [3.63, 3.8) is 0 Å². The van der Waals surface area contributed by atoms with Crippen molar-refractivity contribution in [3.8, 4) is 0 Å². The van der Waals surface area contributed by atoms with E-state index in [1.165, 1.54) is 19.3 Å². The molecule has 0 bridgehead atoms. The van der Waals surface area contributed by atoms with Crippen LogP contribution in [-0.4, -0.2) is 34.2 Å². The average Bonchev–Trinajstić information content (AvgIpc) is 2.64. The standard InChI is InChI=1S/C12H20N4O2/c1-2-4-9-5-3-7-16(8-6-9)12(17)10-11(13)15-18-14-10/h9H,2-8H2,1H3,(H2,13,15). The maximum atomic E-state index is 12.2. The highest BCUT2D eigenvalue weighted by Crippen LogP contribution is 2.23. The van der Waals surface area contributed by atoms with Gasteiger partial charge in [0, 0.05) is 13.1 Å². The summed E-state index contributed by atoms with van der Waals surface area (Å²) >= 11 is 0. The van der Waals surface area contributed by atoms with Crippen molar-refractivity contribution in [1.29, 1.82) is 0 Å². The second-order valence-electron chi connectivity index (χ2n) is 4.88. The molecule has 100 valence electrons. The van der Waals surface area contributed by atoms with Crippen LogP contribution in [0.3, 0.4) is 0 Å². The van der Waals surface area contributed by atoms with Crippen LogP contribution in [0.1, 0.15) is 49.5 Å². The van der Waals surface area contributed by atoms with Crippen LogP contribution in [0.4, 0.5) is 5.82 Å². The Labute approximate surface area is 106 Å². The van der Waals surface area contributed by atoms with Crippen molar-refractivity contribution in [2.75, 3.05) is 18.8 Å². The third kappa shape index (κ3) is 2.80. The van der Waals surface area contributed by atoms with E-state index in [4.69, 9.17) is 5.73 Å². The number of rotatable bonds is 3. The van der Waals surface area contributed by atoms with Crippen LogP contribution in [-0.2, 0) is 0 Å². The maximum Gasteiger partial charge on any atom is 0.280 e. The summed E-state index contributed by atoms with van der Waals surface area (Å²) in [5.41, 5.74) is 5.69. The summed E-state index contributed by atoms with van der Waals surface area (Å²) in [6, 6.07) is 0. The fraction of sp³-hybridized carbons (Fsp3) is 0.750. The molecule has 0 spiro atoms. The van der Waals surface area contributed by atoms with E-state index in [0.29, 0.717) is 0 Å². The molecule has 2 heterocycles. The molecular weight excluding hydrogens is 232 g/mol. The van der Waals surface area contributed by atoms with Gasteiger partial charge in [0.1, 0.15) is 0 Å². The van der Waals surface area contributed by atoms with Gasteiger partial charge < -0.3 is 10.6 Å². The van der Waals surface area contributed by atoms with Gasteiger partial charge in [-0.25, -0.2) is 4.63 Å². The van der Waals surface area contributed by atoms with Crippen molar-refractivity contribution in [2.24, 2.45) is 5.92 Å². The average molecular weight is 252 g/mol. The van der Waals surface area contributed by atoms with E-state index in [1.807, 2.05) is 4.90 Å². The third-order valence-electron chi connectivity index (χ3n) is 3.55. The predicted molar refractivity (Wildman–Crippen MR) is 66.9 cm³/mol. The number of nitrogen functional groups attached to an aromatic ring is 1. The van der Waals surface area contributed by atoms with Crippen LogP contribution < -0.4 is 5.73 Å². The summed E-state index contributed by atoms with van der Waals surface area (Å²) in [6.07, 6.45) is 5.75.